The van der Waals surface area contributed by atoms with Crippen molar-refractivity contribution < 1.29 is 48.1 Å². The molecule has 8 atom stereocenters. The molecule has 1 aliphatic carbocycles. The molecule has 2 bridgehead atoms. The first-order chi connectivity index (χ1) is 21.2. The van der Waals surface area contributed by atoms with Gasteiger partial charge in [-0.05, 0) is 86.1 Å². The highest BCUT2D eigenvalue weighted by Gasteiger charge is 2.69. The van der Waals surface area contributed by atoms with Crippen LogP contribution in [-0.4, -0.2) is 62.3 Å². The number of methoxy groups -OCH3 is 2. The number of hydrogen-bond donors (Lipinski definition) is 1. The zero-order valence-electron chi connectivity index (χ0n) is 25.9. The average Bonchev–Trinajstić information content (AvgIpc) is 3.26. The van der Waals surface area contributed by atoms with Gasteiger partial charge in [-0.25, -0.2) is 9.78 Å². The number of ketones is 1. The van der Waals surface area contributed by atoms with Crippen LogP contribution >= 0.6 is 0 Å². The molecule has 4 heterocycles. The number of ether oxygens (including phenoxy) is 6. The van der Waals surface area contributed by atoms with Crippen molar-refractivity contribution in [1.29, 1.82) is 0 Å². The van der Waals surface area contributed by atoms with E-state index >= 15 is 0 Å². The second kappa shape index (κ2) is 12.3. The molecule has 0 amide bonds. The summed E-state index contributed by atoms with van der Waals surface area (Å²) in [7, 11) is 2.90. The van der Waals surface area contributed by atoms with Crippen LogP contribution in [0.25, 0.3) is 6.08 Å². The summed E-state index contributed by atoms with van der Waals surface area (Å²) in [5.41, 5.74) is 0.558. The highest BCUT2D eigenvalue weighted by Crippen LogP contribution is 2.60. The molecule has 0 aromatic heterocycles. The predicted molar refractivity (Wildman–Crippen MR) is 159 cm³/mol. The summed E-state index contributed by atoms with van der Waals surface area (Å²) in [6, 6.07) is 10.2. The van der Waals surface area contributed by atoms with Gasteiger partial charge in [0.1, 0.15) is 12.4 Å². The highest BCUT2D eigenvalue weighted by molar-refractivity contribution is 6.06. The monoisotopic (exact) mass is 610 g/mol. The number of hydrogen-bond acceptors (Lipinski definition) is 10. The number of phenolic OH excluding ortho intramolecular Hbond substituents is 1. The quantitative estimate of drug-likeness (QED) is 0.151. The lowest BCUT2D eigenvalue weighted by Crippen LogP contribution is -2.70. The van der Waals surface area contributed by atoms with Gasteiger partial charge < -0.3 is 33.5 Å². The molecule has 10 nitrogen and oxygen atoms in total. The normalized spacial score (nSPS) is 34.3. The van der Waals surface area contributed by atoms with Crippen LogP contribution in [0.5, 0.6) is 23.0 Å². The van der Waals surface area contributed by atoms with Crippen LogP contribution in [0.15, 0.2) is 42.5 Å². The van der Waals surface area contributed by atoms with Crippen LogP contribution < -0.4 is 14.2 Å². The molecule has 5 aliphatic rings. The summed E-state index contributed by atoms with van der Waals surface area (Å²) in [6.07, 6.45) is 6.03. The molecule has 10 heteroatoms. The van der Waals surface area contributed by atoms with Gasteiger partial charge >= 0.3 is 0 Å². The smallest absolute Gasteiger partial charge is 0.201 e. The van der Waals surface area contributed by atoms with E-state index in [1.54, 1.807) is 42.5 Å². The minimum absolute atomic E-state index is 0.0924. The van der Waals surface area contributed by atoms with Crippen molar-refractivity contribution in [2.24, 2.45) is 23.7 Å². The van der Waals surface area contributed by atoms with Crippen LogP contribution in [-0.2, 0) is 24.0 Å². The molecule has 2 aromatic rings. The van der Waals surface area contributed by atoms with Crippen LogP contribution in [0, 0.1) is 23.7 Å². The van der Waals surface area contributed by atoms with Gasteiger partial charge in [0.05, 0.1) is 20.8 Å². The number of aromatic hydroxyl groups is 1. The minimum Gasteiger partial charge on any atom is -0.502 e. The second-order valence-electron chi connectivity index (χ2n) is 12.5. The second-order valence-corrected chi connectivity index (χ2v) is 12.5. The molecular formula is C34H42O10. The van der Waals surface area contributed by atoms with Crippen molar-refractivity contribution in [3.05, 3.63) is 53.6 Å². The van der Waals surface area contributed by atoms with Crippen LogP contribution in [0.3, 0.4) is 0 Å². The zero-order chi connectivity index (χ0) is 31.1. The van der Waals surface area contributed by atoms with E-state index in [9.17, 15) is 9.90 Å². The van der Waals surface area contributed by atoms with E-state index in [1.807, 2.05) is 6.92 Å². The van der Waals surface area contributed by atoms with Crippen molar-refractivity contribution in [3.8, 4) is 23.0 Å². The lowest BCUT2D eigenvalue weighted by molar-refractivity contribution is -0.577. The Morgan fingerprint density at radius 3 is 2.43 bits per heavy atom. The number of fused-ring (bicyclic) bond motifs is 2. The van der Waals surface area contributed by atoms with Gasteiger partial charge in [0.2, 0.25) is 11.5 Å². The fourth-order valence-electron chi connectivity index (χ4n) is 7.38. The molecule has 0 unspecified atom stereocenters. The van der Waals surface area contributed by atoms with Crippen molar-refractivity contribution in [1.82, 2.24) is 0 Å². The standard InChI is InChI=1S/C34H42O10/c1-20-6-12-26-21(2)31(41-32-34(26)25(20)14-15-33(3,42-32)43-44-34)40-17-16-39-24-10-8-23(9-11-24)27(35)13-7-22-18-28(37-4)30(36)29(19-22)38-5/h7-11,13,18-21,25-26,31-32,36H,6,12,14-17H2,1-5H3/b13-7+/t20-,21-,25+,26+,31+,32-,33-,34-/m1/s1. The van der Waals surface area contributed by atoms with E-state index in [-0.39, 0.29) is 34.9 Å². The summed E-state index contributed by atoms with van der Waals surface area (Å²) in [5.74, 6) is 1.18. The first-order valence-corrected chi connectivity index (χ1v) is 15.4. The molecule has 4 saturated heterocycles. The van der Waals surface area contributed by atoms with E-state index < -0.39 is 24.0 Å². The Hall–Kier alpha value is -3.15. The molecule has 1 spiro atoms. The van der Waals surface area contributed by atoms with E-state index in [2.05, 4.69) is 13.8 Å². The molecule has 0 radical (unpaired) electrons. The molecule has 44 heavy (non-hydrogen) atoms. The first kappa shape index (κ1) is 30.9. The van der Waals surface area contributed by atoms with E-state index in [1.165, 1.54) is 20.3 Å². The Morgan fingerprint density at radius 2 is 1.73 bits per heavy atom. The Balaban J connectivity index is 1.02. The number of carbonyl (C=O) groups is 1. The minimum atomic E-state index is -0.818. The van der Waals surface area contributed by atoms with E-state index in [0.717, 1.165) is 25.7 Å². The average molecular weight is 611 g/mol. The van der Waals surface area contributed by atoms with Crippen LogP contribution in [0.1, 0.15) is 62.4 Å². The number of allylic oxidation sites excluding steroid dienone is 1. The van der Waals surface area contributed by atoms with Gasteiger partial charge in [-0.1, -0.05) is 19.9 Å². The highest BCUT2D eigenvalue weighted by atomic mass is 17.3. The van der Waals surface area contributed by atoms with Gasteiger partial charge in [0.25, 0.3) is 0 Å². The Kier molecular flexibility index (Phi) is 8.65. The number of carbonyl (C=O) groups excluding carboxylic acids is 1. The lowest BCUT2D eigenvalue weighted by atomic mass is 9.58. The Bertz CT molecular complexity index is 1350. The number of benzene rings is 2. The van der Waals surface area contributed by atoms with Gasteiger partial charge in [-0.3, -0.25) is 4.79 Å². The third-order valence-corrected chi connectivity index (χ3v) is 9.80. The lowest BCUT2D eigenvalue weighted by Gasteiger charge is -2.60. The number of phenols is 1. The molecule has 4 aliphatic heterocycles. The van der Waals surface area contributed by atoms with Crippen molar-refractivity contribution in [3.63, 3.8) is 0 Å². The van der Waals surface area contributed by atoms with Crippen molar-refractivity contribution in [2.45, 2.75) is 70.4 Å². The maximum absolute atomic E-state index is 12.8. The van der Waals surface area contributed by atoms with Gasteiger partial charge in [0.15, 0.2) is 35.5 Å². The maximum atomic E-state index is 12.8. The predicted octanol–water partition coefficient (Wildman–Crippen LogP) is 5.91. The molecule has 238 valence electrons. The molecule has 1 saturated carbocycles. The summed E-state index contributed by atoms with van der Waals surface area (Å²) in [6.45, 7) is 7.03. The van der Waals surface area contributed by atoms with Crippen LogP contribution in [0.4, 0.5) is 0 Å². The third-order valence-electron chi connectivity index (χ3n) is 9.80. The fourth-order valence-corrected chi connectivity index (χ4v) is 7.38. The number of rotatable bonds is 10. The van der Waals surface area contributed by atoms with Gasteiger partial charge in [-0.2, -0.15) is 0 Å². The third kappa shape index (κ3) is 5.58. The van der Waals surface area contributed by atoms with Crippen molar-refractivity contribution >= 4 is 11.9 Å². The van der Waals surface area contributed by atoms with E-state index in [0.29, 0.717) is 41.9 Å². The summed E-state index contributed by atoms with van der Waals surface area (Å²) < 4.78 is 35.3. The summed E-state index contributed by atoms with van der Waals surface area (Å²) in [5, 5.41) is 10.1. The maximum Gasteiger partial charge on any atom is 0.201 e. The summed E-state index contributed by atoms with van der Waals surface area (Å²) in [4.78, 5) is 24.8. The van der Waals surface area contributed by atoms with E-state index in [4.69, 9.17) is 38.2 Å². The van der Waals surface area contributed by atoms with Gasteiger partial charge in [-0.15, -0.1) is 0 Å². The Morgan fingerprint density at radius 1 is 1.00 bits per heavy atom. The molecule has 5 fully saturated rings. The SMILES string of the molecule is COc1cc(/C=C/C(=O)c2ccc(OCCO[C@H]3O[C@@H]4O[C@@]5(C)CC[C@H]6[C@H](C)CC[C@@H]([C@H]3C)[C@@]46OO5)cc2)cc(OC)c1O. The molecule has 7 rings (SSSR count). The summed E-state index contributed by atoms with van der Waals surface area (Å²) >= 11 is 0. The molecular weight excluding hydrogens is 568 g/mol. The molecule has 2 aromatic carbocycles. The van der Waals surface area contributed by atoms with Gasteiger partial charge in [0, 0.05) is 23.8 Å². The first-order valence-electron chi connectivity index (χ1n) is 15.4. The van der Waals surface area contributed by atoms with Crippen LogP contribution in [0.2, 0.25) is 0 Å². The largest absolute Gasteiger partial charge is 0.502 e. The topological polar surface area (TPSA) is 111 Å². The zero-order valence-corrected chi connectivity index (χ0v) is 25.9. The fraction of sp³-hybridized carbons (Fsp3) is 0.559. The Labute approximate surface area is 258 Å². The molecule has 1 N–H and O–H groups in total. The van der Waals surface area contributed by atoms with Crippen molar-refractivity contribution in [2.75, 3.05) is 27.4 Å².